The van der Waals surface area contributed by atoms with Gasteiger partial charge in [-0.2, -0.15) is 0 Å². The number of carbonyl (C=O) groups is 1. The first-order chi connectivity index (χ1) is 8.86. The van der Waals surface area contributed by atoms with Crippen LogP contribution in [0.3, 0.4) is 0 Å². The van der Waals surface area contributed by atoms with Crippen molar-refractivity contribution < 1.29 is 19.9 Å². The summed E-state index contributed by atoms with van der Waals surface area (Å²) in [6.07, 6.45) is -1.40. The lowest BCUT2D eigenvalue weighted by Crippen LogP contribution is -2.34. The zero-order chi connectivity index (χ0) is 14.6. The number of aliphatic hydroxyl groups is 1. The Bertz CT molecular complexity index is 489. The fourth-order valence-electron chi connectivity index (χ4n) is 1.80. The summed E-state index contributed by atoms with van der Waals surface area (Å²) >= 11 is 0. The van der Waals surface area contributed by atoms with Crippen molar-refractivity contribution in [2.24, 2.45) is 0 Å². The van der Waals surface area contributed by atoms with E-state index in [0.717, 1.165) is 0 Å². The number of aliphatic carboxylic acids is 1. The Balaban J connectivity index is 3.04. The SMILES string of the molecule is CNC(CC(=O)O)C(O)c1ccc(C)c([N+](=O)[O-])c1. The van der Waals surface area contributed by atoms with Crippen molar-refractivity contribution in [1.82, 2.24) is 5.32 Å². The van der Waals surface area contributed by atoms with Crippen LogP contribution in [0.15, 0.2) is 18.2 Å². The average Bonchev–Trinajstić information content (AvgIpc) is 2.35. The molecule has 0 spiro atoms. The van der Waals surface area contributed by atoms with Crippen LogP contribution >= 0.6 is 0 Å². The molecular formula is C12H16N2O5. The molecule has 1 aromatic carbocycles. The maximum absolute atomic E-state index is 10.8. The van der Waals surface area contributed by atoms with E-state index in [0.29, 0.717) is 11.1 Å². The molecule has 0 aliphatic heterocycles. The number of nitrogens with one attached hydrogen (secondary N) is 1. The van der Waals surface area contributed by atoms with Crippen LogP contribution in [-0.4, -0.2) is 34.2 Å². The minimum atomic E-state index is -1.12. The highest BCUT2D eigenvalue weighted by atomic mass is 16.6. The molecule has 1 rings (SSSR count). The van der Waals surface area contributed by atoms with E-state index in [4.69, 9.17) is 5.11 Å². The summed E-state index contributed by atoms with van der Waals surface area (Å²) in [4.78, 5) is 21.0. The lowest BCUT2D eigenvalue weighted by atomic mass is 9.98. The predicted molar refractivity (Wildman–Crippen MR) is 67.9 cm³/mol. The molecule has 0 saturated carbocycles. The second-order valence-electron chi connectivity index (χ2n) is 4.24. The first-order valence-corrected chi connectivity index (χ1v) is 5.69. The van der Waals surface area contributed by atoms with Gasteiger partial charge in [0.2, 0.25) is 0 Å². The molecule has 0 saturated heterocycles. The zero-order valence-electron chi connectivity index (χ0n) is 10.7. The van der Waals surface area contributed by atoms with E-state index in [9.17, 15) is 20.0 Å². The second-order valence-corrected chi connectivity index (χ2v) is 4.24. The van der Waals surface area contributed by atoms with Crippen molar-refractivity contribution in [2.75, 3.05) is 7.05 Å². The number of benzene rings is 1. The molecule has 2 unspecified atom stereocenters. The molecule has 0 bridgehead atoms. The third-order valence-electron chi connectivity index (χ3n) is 2.92. The number of hydrogen-bond acceptors (Lipinski definition) is 5. The van der Waals surface area contributed by atoms with Gasteiger partial charge in [0.25, 0.3) is 5.69 Å². The predicted octanol–water partition coefficient (Wildman–Crippen LogP) is 0.999. The van der Waals surface area contributed by atoms with Crippen molar-refractivity contribution >= 4 is 11.7 Å². The summed E-state index contributed by atoms with van der Waals surface area (Å²) in [5.74, 6) is -1.06. The van der Waals surface area contributed by atoms with Gasteiger partial charge >= 0.3 is 5.97 Å². The summed E-state index contributed by atoms with van der Waals surface area (Å²) in [5, 5.41) is 32.3. The fourth-order valence-corrected chi connectivity index (χ4v) is 1.80. The molecule has 19 heavy (non-hydrogen) atoms. The van der Waals surface area contributed by atoms with E-state index < -0.39 is 23.0 Å². The minimum Gasteiger partial charge on any atom is -0.481 e. The van der Waals surface area contributed by atoms with Gasteiger partial charge in [0.15, 0.2) is 0 Å². The summed E-state index contributed by atoms with van der Waals surface area (Å²) in [6, 6.07) is 3.65. The van der Waals surface area contributed by atoms with Gasteiger partial charge in [-0.15, -0.1) is 0 Å². The van der Waals surface area contributed by atoms with Crippen LogP contribution in [0.4, 0.5) is 5.69 Å². The van der Waals surface area contributed by atoms with Crippen molar-refractivity contribution in [1.29, 1.82) is 0 Å². The Morgan fingerprint density at radius 2 is 2.16 bits per heavy atom. The van der Waals surface area contributed by atoms with Crippen molar-refractivity contribution in [3.05, 3.63) is 39.4 Å². The lowest BCUT2D eigenvalue weighted by molar-refractivity contribution is -0.385. The largest absolute Gasteiger partial charge is 0.481 e. The van der Waals surface area contributed by atoms with E-state index in [-0.39, 0.29) is 12.1 Å². The van der Waals surface area contributed by atoms with Gasteiger partial charge in [0.1, 0.15) is 0 Å². The summed E-state index contributed by atoms with van der Waals surface area (Å²) in [7, 11) is 1.53. The van der Waals surface area contributed by atoms with E-state index in [1.54, 1.807) is 13.0 Å². The summed E-state index contributed by atoms with van der Waals surface area (Å²) < 4.78 is 0. The number of carboxylic acid groups (broad SMARTS) is 1. The van der Waals surface area contributed by atoms with Gasteiger partial charge in [-0.3, -0.25) is 14.9 Å². The lowest BCUT2D eigenvalue weighted by Gasteiger charge is -2.21. The Hall–Kier alpha value is -1.99. The van der Waals surface area contributed by atoms with E-state index >= 15 is 0 Å². The van der Waals surface area contributed by atoms with Crippen molar-refractivity contribution in [2.45, 2.75) is 25.5 Å². The van der Waals surface area contributed by atoms with Crippen molar-refractivity contribution in [3.8, 4) is 0 Å². The third kappa shape index (κ3) is 3.73. The Kier molecular flexibility index (Phi) is 4.96. The molecule has 0 heterocycles. The van der Waals surface area contributed by atoms with Gasteiger partial charge in [0.05, 0.1) is 17.4 Å². The van der Waals surface area contributed by atoms with Crippen LogP contribution in [0.2, 0.25) is 0 Å². The number of aryl methyl sites for hydroxylation is 1. The number of rotatable bonds is 6. The molecule has 7 nitrogen and oxygen atoms in total. The second kappa shape index (κ2) is 6.26. The molecule has 0 amide bonds. The van der Waals surface area contributed by atoms with Gasteiger partial charge in [-0.1, -0.05) is 12.1 Å². The summed E-state index contributed by atoms with van der Waals surface area (Å²) in [6.45, 7) is 1.60. The standard InChI is InChI=1S/C12H16N2O5/c1-7-3-4-8(5-10(7)14(18)19)12(17)9(13-2)6-11(15)16/h3-5,9,12-13,17H,6H2,1-2H3,(H,15,16). The van der Waals surface area contributed by atoms with Crippen LogP contribution in [0.25, 0.3) is 0 Å². The number of nitro groups is 1. The van der Waals surface area contributed by atoms with Crippen LogP contribution in [-0.2, 0) is 4.79 Å². The topological polar surface area (TPSA) is 113 Å². The highest BCUT2D eigenvalue weighted by Crippen LogP contribution is 2.25. The third-order valence-corrected chi connectivity index (χ3v) is 2.92. The highest BCUT2D eigenvalue weighted by molar-refractivity contribution is 5.67. The molecule has 1 aromatic rings. The average molecular weight is 268 g/mol. The molecule has 0 fully saturated rings. The molecule has 0 radical (unpaired) electrons. The van der Waals surface area contributed by atoms with Gasteiger partial charge in [-0.05, 0) is 19.5 Å². The fraction of sp³-hybridized carbons (Fsp3) is 0.417. The summed E-state index contributed by atoms with van der Waals surface area (Å²) in [5.41, 5.74) is 0.708. The maximum Gasteiger partial charge on any atom is 0.305 e. The molecule has 2 atom stereocenters. The first-order valence-electron chi connectivity index (χ1n) is 5.69. The molecule has 104 valence electrons. The number of aliphatic hydroxyl groups excluding tert-OH is 1. The van der Waals surface area contributed by atoms with E-state index in [2.05, 4.69) is 5.32 Å². The molecular weight excluding hydrogens is 252 g/mol. The number of nitro benzene ring substituents is 1. The zero-order valence-corrected chi connectivity index (χ0v) is 10.7. The Morgan fingerprint density at radius 1 is 1.53 bits per heavy atom. The van der Waals surface area contributed by atoms with E-state index in [1.165, 1.54) is 19.2 Å². The van der Waals surface area contributed by atoms with Gasteiger partial charge in [-0.25, -0.2) is 0 Å². The monoisotopic (exact) mass is 268 g/mol. The van der Waals surface area contributed by atoms with Crippen molar-refractivity contribution in [3.63, 3.8) is 0 Å². The number of carboxylic acids is 1. The van der Waals surface area contributed by atoms with E-state index in [1.807, 2.05) is 0 Å². The van der Waals surface area contributed by atoms with Gasteiger partial charge in [0, 0.05) is 17.7 Å². The van der Waals surface area contributed by atoms with Crippen LogP contribution in [0.1, 0.15) is 23.7 Å². The highest BCUT2D eigenvalue weighted by Gasteiger charge is 2.24. The number of nitrogens with zero attached hydrogens (tertiary/aromatic N) is 1. The van der Waals surface area contributed by atoms with Crippen LogP contribution < -0.4 is 5.32 Å². The minimum absolute atomic E-state index is 0.0956. The van der Waals surface area contributed by atoms with Gasteiger partial charge < -0.3 is 15.5 Å². The normalized spacial score (nSPS) is 13.8. The molecule has 0 aromatic heterocycles. The first kappa shape index (κ1) is 15.1. The Labute approximate surface area is 110 Å². The molecule has 3 N–H and O–H groups in total. The molecule has 7 heteroatoms. The number of likely N-dealkylation sites (N-methyl/N-ethyl adjacent to an activating group) is 1. The maximum atomic E-state index is 10.8. The quantitative estimate of drug-likeness (QED) is 0.524. The van der Waals surface area contributed by atoms with Crippen LogP contribution in [0, 0.1) is 17.0 Å². The molecule has 0 aliphatic rings. The Morgan fingerprint density at radius 3 is 2.63 bits per heavy atom. The molecule has 0 aliphatic carbocycles. The smallest absolute Gasteiger partial charge is 0.305 e. The number of hydrogen-bond donors (Lipinski definition) is 3. The van der Waals surface area contributed by atoms with Crippen LogP contribution in [0.5, 0.6) is 0 Å².